The zero-order chi connectivity index (χ0) is 14.7. The van der Waals surface area contributed by atoms with Crippen molar-refractivity contribution in [3.8, 4) is 11.5 Å². The van der Waals surface area contributed by atoms with Crippen LogP contribution in [0.15, 0.2) is 29.0 Å². The average Bonchev–Trinajstić information content (AvgIpc) is 2.77. The number of aryl methyl sites for hydroxylation is 1. The van der Waals surface area contributed by atoms with E-state index in [0.717, 1.165) is 34.6 Å². The fourth-order valence-electron chi connectivity index (χ4n) is 2.26. The lowest BCUT2D eigenvalue weighted by atomic mass is 10.1. The summed E-state index contributed by atoms with van der Waals surface area (Å²) < 4.78 is 11.4. The Morgan fingerprint density at radius 1 is 1.29 bits per heavy atom. The molecular formula is C16H17NO3S. The second kappa shape index (κ2) is 6.18. The van der Waals surface area contributed by atoms with Crippen LogP contribution < -0.4 is 14.8 Å². The Balaban J connectivity index is 1.74. The highest BCUT2D eigenvalue weighted by Gasteiger charge is 2.16. The molecule has 110 valence electrons. The third-order valence-corrected chi connectivity index (χ3v) is 4.25. The maximum absolute atomic E-state index is 12.2. The van der Waals surface area contributed by atoms with Crippen molar-refractivity contribution in [1.82, 2.24) is 5.32 Å². The Morgan fingerprint density at radius 3 is 2.95 bits per heavy atom. The van der Waals surface area contributed by atoms with Crippen molar-refractivity contribution in [2.24, 2.45) is 0 Å². The third kappa shape index (κ3) is 3.03. The van der Waals surface area contributed by atoms with E-state index < -0.39 is 0 Å². The van der Waals surface area contributed by atoms with Gasteiger partial charge in [0.25, 0.3) is 5.91 Å². The summed E-state index contributed by atoms with van der Waals surface area (Å²) in [5.41, 5.74) is 2.68. The predicted octanol–water partition coefficient (Wildman–Crippen LogP) is 3.15. The standard InChI is InChI=1S/C16H17NO3S/c1-11-9-21-10-13(11)16(18)17-8-12-4-2-5-14-15(12)20-7-3-6-19-14/h2,4-5,9-10H,3,6-8H2,1H3,(H,17,18). The van der Waals surface area contributed by atoms with Crippen molar-refractivity contribution in [2.45, 2.75) is 19.9 Å². The molecule has 0 unspecified atom stereocenters. The molecule has 0 bridgehead atoms. The molecule has 0 saturated heterocycles. The zero-order valence-corrected chi connectivity index (χ0v) is 12.7. The Kier molecular flexibility index (Phi) is 4.10. The van der Waals surface area contributed by atoms with Gasteiger partial charge in [0, 0.05) is 23.9 Å². The number of thiophene rings is 1. The van der Waals surface area contributed by atoms with Crippen LogP contribution in [-0.2, 0) is 6.54 Å². The van der Waals surface area contributed by atoms with E-state index in [0.29, 0.717) is 19.8 Å². The van der Waals surface area contributed by atoms with Gasteiger partial charge in [-0.15, -0.1) is 0 Å². The van der Waals surface area contributed by atoms with Gasteiger partial charge < -0.3 is 14.8 Å². The molecule has 0 aliphatic carbocycles. The van der Waals surface area contributed by atoms with Gasteiger partial charge in [-0.05, 0) is 23.9 Å². The van der Waals surface area contributed by atoms with Crippen LogP contribution in [0.4, 0.5) is 0 Å². The highest BCUT2D eigenvalue weighted by molar-refractivity contribution is 7.08. The van der Waals surface area contributed by atoms with E-state index in [4.69, 9.17) is 9.47 Å². The van der Waals surface area contributed by atoms with Crippen LogP contribution in [0.3, 0.4) is 0 Å². The maximum atomic E-state index is 12.2. The van der Waals surface area contributed by atoms with E-state index in [1.807, 2.05) is 35.9 Å². The minimum absolute atomic E-state index is 0.0547. The summed E-state index contributed by atoms with van der Waals surface area (Å²) in [7, 11) is 0. The van der Waals surface area contributed by atoms with E-state index in [1.54, 1.807) is 0 Å². The number of amides is 1. The van der Waals surface area contributed by atoms with Crippen LogP contribution in [0.25, 0.3) is 0 Å². The molecule has 1 aromatic carbocycles. The summed E-state index contributed by atoms with van der Waals surface area (Å²) in [4.78, 5) is 12.2. The van der Waals surface area contributed by atoms with Gasteiger partial charge >= 0.3 is 0 Å². The molecule has 1 N–H and O–H groups in total. The van der Waals surface area contributed by atoms with Crippen molar-refractivity contribution < 1.29 is 14.3 Å². The normalized spacial score (nSPS) is 13.6. The lowest BCUT2D eigenvalue weighted by molar-refractivity contribution is 0.0950. The van der Waals surface area contributed by atoms with Gasteiger partial charge in [0.2, 0.25) is 0 Å². The lowest BCUT2D eigenvalue weighted by Gasteiger charge is -2.13. The number of para-hydroxylation sites is 1. The first kappa shape index (κ1) is 13.9. The van der Waals surface area contributed by atoms with Crippen molar-refractivity contribution in [3.63, 3.8) is 0 Å². The number of rotatable bonds is 3. The molecule has 1 amide bonds. The van der Waals surface area contributed by atoms with Gasteiger partial charge in [0.15, 0.2) is 11.5 Å². The smallest absolute Gasteiger partial charge is 0.252 e. The van der Waals surface area contributed by atoms with E-state index in [9.17, 15) is 4.79 Å². The minimum Gasteiger partial charge on any atom is -0.490 e. The molecule has 0 atom stereocenters. The highest BCUT2D eigenvalue weighted by atomic mass is 32.1. The van der Waals surface area contributed by atoms with Gasteiger partial charge in [-0.3, -0.25) is 4.79 Å². The van der Waals surface area contributed by atoms with E-state index in [-0.39, 0.29) is 5.91 Å². The Bertz CT molecular complexity index is 651. The summed E-state index contributed by atoms with van der Waals surface area (Å²) in [6.07, 6.45) is 0.870. The summed E-state index contributed by atoms with van der Waals surface area (Å²) in [5.74, 6) is 1.45. The number of carbonyl (C=O) groups excluding carboxylic acids is 1. The molecular weight excluding hydrogens is 286 g/mol. The third-order valence-electron chi connectivity index (χ3n) is 3.39. The summed E-state index contributed by atoms with van der Waals surface area (Å²) >= 11 is 1.54. The molecule has 2 heterocycles. The Morgan fingerprint density at radius 2 is 2.14 bits per heavy atom. The van der Waals surface area contributed by atoms with Crippen molar-refractivity contribution in [3.05, 3.63) is 45.6 Å². The molecule has 0 fully saturated rings. The van der Waals surface area contributed by atoms with Crippen molar-refractivity contribution in [1.29, 1.82) is 0 Å². The first-order valence-electron chi connectivity index (χ1n) is 6.94. The number of fused-ring (bicyclic) bond motifs is 1. The van der Waals surface area contributed by atoms with Crippen LogP contribution in [0.2, 0.25) is 0 Å². The molecule has 1 aromatic heterocycles. The van der Waals surface area contributed by atoms with Crippen LogP contribution in [0.5, 0.6) is 11.5 Å². The summed E-state index contributed by atoms with van der Waals surface area (Å²) in [5, 5.41) is 6.79. The predicted molar refractivity (Wildman–Crippen MR) is 82.3 cm³/mol. The number of nitrogens with one attached hydrogen (secondary N) is 1. The Hall–Kier alpha value is -2.01. The molecule has 0 radical (unpaired) electrons. The van der Waals surface area contributed by atoms with Gasteiger partial charge in [-0.2, -0.15) is 11.3 Å². The lowest BCUT2D eigenvalue weighted by Crippen LogP contribution is -2.23. The molecule has 4 nitrogen and oxygen atoms in total. The molecule has 21 heavy (non-hydrogen) atoms. The first-order chi connectivity index (χ1) is 10.3. The number of hydrogen-bond acceptors (Lipinski definition) is 4. The second-order valence-electron chi connectivity index (χ2n) is 4.95. The van der Waals surface area contributed by atoms with Crippen LogP contribution >= 0.6 is 11.3 Å². The molecule has 0 saturated carbocycles. The first-order valence-corrected chi connectivity index (χ1v) is 7.88. The minimum atomic E-state index is -0.0547. The molecule has 5 heteroatoms. The van der Waals surface area contributed by atoms with Crippen LogP contribution in [0.1, 0.15) is 27.9 Å². The average molecular weight is 303 g/mol. The largest absolute Gasteiger partial charge is 0.490 e. The molecule has 2 aromatic rings. The highest BCUT2D eigenvalue weighted by Crippen LogP contribution is 2.33. The Labute approximate surface area is 127 Å². The second-order valence-corrected chi connectivity index (χ2v) is 5.69. The maximum Gasteiger partial charge on any atom is 0.252 e. The number of hydrogen-bond donors (Lipinski definition) is 1. The van der Waals surface area contributed by atoms with Crippen molar-refractivity contribution >= 4 is 17.2 Å². The topological polar surface area (TPSA) is 47.6 Å². The summed E-state index contributed by atoms with van der Waals surface area (Å²) in [6.45, 7) is 3.68. The number of carbonyl (C=O) groups is 1. The van der Waals surface area contributed by atoms with Crippen LogP contribution in [0, 0.1) is 6.92 Å². The van der Waals surface area contributed by atoms with E-state index >= 15 is 0 Å². The zero-order valence-electron chi connectivity index (χ0n) is 11.8. The van der Waals surface area contributed by atoms with Crippen LogP contribution in [-0.4, -0.2) is 19.1 Å². The SMILES string of the molecule is Cc1cscc1C(=O)NCc1cccc2c1OCCCO2. The molecule has 0 spiro atoms. The van der Waals surface area contributed by atoms with Crippen molar-refractivity contribution in [2.75, 3.05) is 13.2 Å². The van der Waals surface area contributed by atoms with Gasteiger partial charge in [-0.1, -0.05) is 12.1 Å². The molecule has 3 rings (SSSR count). The molecule has 1 aliphatic rings. The van der Waals surface area contributed by atoms with Gasteiger partial charge in [0.05, 0.1) is 18.8 Å². The number of benzene rings is 1. The van der Waals surface area contributed by atoms with E-state index in [1.165, 1.54) is 11.3 Å². The van der Waals surface area contributed by atoms with E-state index in [2.05, 4.69) is 5.32 Å². The summed E-state index contributed by atoms with van der Waals surface area (Å²) in [6, 6.07) is 5.77. The monoisotopic (exact) mass is 303 g/mol. The number of ether oxygens (including phenoxy) is 2. The fraction of sp³-hybridized carbons (Fsp3) is 0.312. The quantitative estimate of drug-likeness (QED) is 0.947. The van der Waals surface area contributed by atoms with Gasteiger partial charge in [0.1, 0.15) is 0 Å². The molecule has 1 aliphatic heterocycles. The fourth-order valence-corrected chi connectivity index (χ4v) is 3.09. The van der Waals surface area contributed by atoms with Gasteiger partial charge in [-0.25, -0.2) is 0 Å².